The molecule has 3 rings (SSSR count). The fraction of sp³-hybridized carbons (Fsp3) is 0.250. The number of aliphatic hydroxyl groups excluding tert-OH is 1. The molecule has 1 N–H and O–H groups in total. The highest BCUT2D eigenvalue weighted by atomic mass is 35.5. The molecule has 0 amide bonds. The third-order valence-electron chi connectivity index (χ3n) is 3.25. The topological polar surface area (TPSA) is 90.6 Å². The maximum atomic E-state index is 11.7. The van der Waals surface area contributed by atoms with Crippen LogP contribution in [0.4, 0.5) is 0 Å². The summed E-state index contributed by atoms with van der Waals surface area (Å²) in [5.41, 5.74) is 0.824. The van der Waals surface area contributed by atoms with Crippen LogP contribution in [0.2, 0.25) is 5.02 Å². The summed E-state index contributed by atoms with van der Waals surface area (Å²) in [6.45, 7) is 0.244. The van der Waals surface area contributed by atoms with Gasteiger partial charge in [-0.25, -0.2) is 4.79 Å². The van der Waals surface area contributed by atoms with Crippen molar-refractivity contribution in [1.82, 2.24) is 9.78 Å². The van der Waals surface area contributed by atoms with E-state index in [9.17, 15) is 9.90 Å². The van der Waals surface area contributed by atoms with E-state index in [0.29, 0.717) is 10.8 Å². The van der Waals surface area contributed by atoms with Crippen molar-refractivity contribution >= 4 is 11.6 Å². The first kappa shape index (κ1) is 16.5. The molecule has 0 bridgehead atoms. The molecule has 2 aromatic heterocycles. The average Bonchev–Trinajstić information content (AvgIpc) is 3.20. The lowest BCUT2D eigenvalue weighted by Gasteiger charge is -2.11. The lowest BCUT2D eigenvalue weighted by Crippen LogP contribution is -2.28. The fourth-order valence-corrected chi connectivity index (χ4v) is 2.28. The van der Waals surface area contributed by atoms with Gasteiger partial charge in [-0.15, -0.1) is 5.10 Å². The Hall–Kier alpha value is -2.35. The van der Waals surface area contributed by atoms with Crippen molar-refractivity contribution in [3.05, 3.63) is 63.8 Å². The van der Waals surface area contributed by atoms with Gasteiger partial charge in [0.1, 0.15) is 0 Å². The minimum absolute atomic E-state index is 0.0284. The third kappa shape index (κ3) is 3.94. The van der Waals surface area contributed by atoms with E-state index in [1.165, 1.54) is 6.26 Å². The number of halogens is 1. The Labute approximate surface area is 142 Å². The number of rotatable bonds is 7. The molecule has 1 atom stereocenters. The van der Waals surface area contributed by atoms with Crippen LogP contribution in [0.1, 0.15) is 5.56 Å². The Balaban J connectivity index is 1.55. The Kier molecular flexibility index (Phi) is 5.14. The van der Waals surface area contributed by atoms with Gasteiger partial charge in [0.2, 0.25) is 0 Å². The van der Waals surface area contributed by atoms with E-state index in [1.807, 2.05) is 18.2 Å². The molecule has 3 aromatic rings. The number of hydrogen-bond donors (Lipinski definition) is 1. The molecule has 126 valence electrons. The Morgan fingerprint density at radius 2 is 2.12 bits per heavy atom. The maximum absolute atomic E-state index is 11.7. The molecule has 0 fully saturated rings. The predicted molar refractivity (Wildman–Crippen MR) is 85.6 cm³/mol. The van der Waals surface area contributed by atoms with Crippen LogP contribution >= 0.6 is 11.6 Å². The number of benzene rings is 1. The van der Waals surface area contributed by atoms with E-state index in [1.54, 1.807) is 18.2 Å². The molecule has 0 aliphatic heterocycles. The maximum Gasteiger partial charge on any atom is 0.437 e. The van der Waals surface area contributed by atoms with Gasteiger partial charge in [0, 0.05) is 5.02 Å². The number of ether oxygens (including phenoxy) is 1. The van der Waals surface area contributed by atoms with E-state index in [-0.39, 0.29) is 25.6 Å². The Bertz CT molecular complexity index is 840. The van der Waals surface area contributed by atoms with E-state index < -0.39 is 11.9 Å². The molecule has 0 saturated carbocycles. The number of aliphatic hydroxyl groups is 1. The Morgan fingerprint density at radius 3 is 2.88 bits per heavy atom. The van der Waals surface area contributed by atoms with Gasteiger partial charge in [0.25, 0.3) is 5.89 Å². The van der Waals surface area contributed by atoms with Crippen LogP contribution in [-0.4, -0.2) is 27.6 Å². The molecule has 2 heterocycles. The number of furan rings is 1. The molecule has 0 spiro atoms. The second kappa shape index (κ2) is 7.48. The van der Waals surface area contributed by atoms with Crippen LogP contribution in [0, 0.1) is 0 Å². The van der Waals surface area contributed by atoms with Crippen LogP contribution in [0.5, 0.6) is 0 Å². The first-order valence-corrected chi connectivity index (χ1v) is 7.62. The smallest absolute Gasteiger partial charge is 0.437 e. The van der Waals surface area contributed by atoms with Gasteiger partial charge in [0.15, 0.2) is 5.76 Å². The minimum atomic E-state index is -0.917. The molecule has 0 aliphatic rings. The molecular formula is C16H15ClN2O5. The molecule has 7 nitrogen and oxygen atoms in total. The second-order valence-corrected chi connectivity index (χ2v) is 5.50. The van der Waals surface area contributed by atoms with Gasteiger partial charge < -0.3 is 18.7 Å². The summed E-state index contributed by atoms with van der Waals surface area (Å²) < 4.78 is 16.5. The lowest BCUT2D eigenvalue weighted by molar-refractivity contribution is 0.0178. The van der Waals surface area contributed by atoms with Gasteiger partial charge in [-0.1, -0.05) is 29.8 Å². The monoisotopic (exact) mass is 350 g/mol. The quantitative estimate of drug-likeness (QED) is 0.703. The third-order valence-corrected chi connectivity index (χ3v) is 3.62. The number of nitrogens with zero attached hydrogens (tertiary/aromatic N) is 2. The predicted octanol–water partition coefficient (Wildman–Crippen LogP) is 2.33. The largest absolute Gasteiger partial charge is 0.459 e. The summed E-state index contributed by atoms with van der Waals surface area (Å²) in [6, 6.07) is 10.6. The van der Waals surface area contributed by atoms with Crippen molar-refractivity contribution in [3.8, 4) is 11.7 Å². The summed E-state index contributed by atoms with van der Waals surface area (Å²) >= 11 is 6.02. The highest BCUT2D eigenvalue weighted by Crippen LogP contribution is 2.16. The fourth-order valence-electron chi connectivity index (χ4n) is 2.09. The van der Waals surface area contributed by atoms with Gasteiger partial charge in [-0.2, -0.15) is 4.68 Å². The van der Waals surface area contributed by atoms with E-state index >= 15 is 0 Å². The van der Waals surface area contributed by atoms with Gasteiger partial charge in [-0.3, -0.25) is 0 Å². The highest BCUT2D eigenvalue weighted by Gasteiger charge is 2.15. The lowest BCUT2D eigenvalue weighted by atomic mass is 10.2. The van der Waals surface area contributed by atoms with E-state index in [4.69, 9.17) is 25.2 Å². The molecule has 0 unspecified atom stereocenters. The standard InChI is InChI=1S/C16H15ClN2O5/c17-13-5-2-1-4-11(13)9-22-10-12(20)8-19-16(21)24-15(18-19)14-6-3-7-23-14/h1-7,12,20H,8-10H2/t12-/m1/s1. The molecule has 8 heteroatoms. The van der Waals surface area contributed by atoms with Crippen LogP contribution in [0.25, 0.3) is 11.7 Å². The van der Waals surface area contributed by atoms with Crippen molar-refractivity contribution < 1.29 is 18.7 Å². The molecule has 0 saturated heterocycles. The van der Waals surface area contributed by atoms with Gasteiger partial charge in [0.05, 0.1) is 32.1 Å². The first-order chi connectivity index (χ1) is 11.6. The number of hydrogen-bond acceptors (Lipinski definition) is 6. The van der Waals surface area contributed by atoms with Crippen LogP contribution in [0.15, 0.2) is 56.3 Å². The van der Waals surface area contributed by atoms with Crippen LogP contribution in [0.3, 0.4) is 0 Å². The van der Waals surface area contributed by atoms with Crippen molar-refractivity contribution in [2.75, 3.05) is 6.61 Å². The SMILES string of the molecule is O=c1oc(-c2ccco2)nn1C[C@@H](O)COCc1ccccc1Cl. The molecule has 0 aliphatic carbocycles. The molecule has 1 aromatic carbocycles. The summed E-state index contributed by atoms with van der Waals surface area (Å²) in [6.07, 6.45) is 0.533. The average molecular weight is 351 g/mol. The first-order valence-electron chi connectivity index (χ1n) is 7.24. The van der Waals surface area contributed by atoms with E-state index in [0.717, 1.165) is 10.2 Å². The highest BCUT2D eigenvalue weighted by molar-refractivity contribution is 6.31. The van der Waals surface area contributed by atoms with Crippen LogP contribution in [-0.2, 0) is 17.9 Å². The summed E-state index contributed by atoms with van der Waals surface area (Å²) in [4.78, 5) is 11.7. The van der Waals surface area contributed by atoms with Crippen LogP contribution < -0.4 is 5.76 Å². The van der Waals surface area contributed by atoms with Crippen molar-refractivity contribution in [2.45, 2.75) is 19.3 Å². The zero-order chi connectivity index (χ0) is 16.9. The summed E-state index contributed by atoms with van der Waals surface area (Å²) in [5.74, 6) is -0.268. The molecule has 24 heavy (non-hydrogen) atoms. The zero-order valence-corrected chi connectivity index (χ0v) is 13.3. The summed E-state index contributed by atoms with van der Waals surface area (Å²) in [5, 5.41) is 14.6. The zero-order valence-electron chi connectivity index (χ0n) is 12.6. The van der Waals surface area contributed by atoms with Gasteiger partial charge in [-0.05, 0) is 23.8 Å². The van der Waals surface area contributed by atoms with Crippen molar-refractivity contribution in [2.24, 2.45) is 0 Å². The molecule has 0 radical (unpaired) electrons. The van der Waals surface area contributed by atoms with Crippen molar-refractivity contribution in [3.63, 3.8) is 0 Å². The second-order valence-electron chi connectivity index (χ2n) is 5.09. The minimum Gasteiger partial charge on any atom is -0.459 e. The molecular weight excluding hydrogens is 336 g/mol. The Morgan fingerprint density at radius 1 is 1.29 bits per heavy atom. The van der Waals surface area contributed by atoms with Crippen molar-refractivity contribution in [1.29, 1.82) is 0 Å². The normalized spacial score (nSPS) is 12.4. The number of aromatic nitrogens is 2. The van der Waals surface area contributed by atoms with E-state index in [2.05, 4.69) is 5.10 Å². The van der Waals surface area contributed by atoms with Gasteiger partial charge >= 0.3 is 5.76 Å². The summed E-state index contributed by atoms with van der Waals surface area (Å²) in [7, 11) is 0.